The van der Waals surface area contributed by atoms with Crippen molar-refractivity contribution in [3.8, 4) is 0 Å². The summed E-state index contributed by atoms with van der Waals surface area (Å²) in [6.07, 6.45) is 36.1. The smallest absolute Gasteiger partial charge is 0.306 e. The first-order valence-electron chi connectivity index (χ1n) is 23.9. The van der Waals surface area contributed by atoms with E-state index in [1.165, 1.54) is 116 Å². The number of hydrogen-bond acceptors (Lipinski definition) is 10. The fourth-order valence-electron chi connectivity index (χ4n) is 7.30. The molecule has 0 aromatic carbocycles. The molecule has 0 saturated carbocycles. The van der Waals surface area contributed by atoms with Gasteiger partial charge >= 0.3 is 11.9 Å². The van der Waals surface area contributed by atoms with Gasteiger partial charge in [0, 0.05) is 12.8 Å². The van der Waals surface area contributed by atoms with Gasteiger partial charge in [-0.15, -0.1) is 0 Å². The van der Waals surface area contributed by atoms with Crippen LogP contribution in [0, 0.1) is 0 Å². The van der Waals surface area contributed by atoms with Crippen molar-refractivity contribution in [2.75, 3.05) is 19.8 Å². The van der Waals surface area contributed by atoms with Crippen molar-refractivity contribution in [3.05, 3.63) is 24.3 Å². The number of carbonyl (C=O) groups excluding carboxylic acids is 2. The molecule has 58 heavy (non-hydrogen) atoms. The van der Waals surface area contributed by atoms with Gasteiger partial charge in [-0.25, -0.2) is 0 Å². The Morgan fingerprint density at radius 2 is 0.948 bits per heavy atom. The monoisotopic (exact) mass is 825 g/mol. The van der Waals surface area contributed by atoms with Gasteiger partial charge in [0.05, 0.1) is 13.2 Å². The number of rotatable bonds is 40. The molecule has 10 nitrogen and oxygen atoms in total. The van der Waals surface area contributed by atoms with Crippen LogP contribution in [0.3, 0.4) is 0 Å². The fraction of sp³-hybridized carbons (Fsp3) is 0.875. The minimum atomic E-state index is -1.59. The molecule has 10 heteroatoms. The number of carbonyl (C=O) groups is 2. The molecule has 0 spiro atoms. The maximum atomic E-state index is 12.8. The van der Waals surface area contributed by atoms with Gasteiger partial charge in [-0.3, -0.25) is 9.59 Å². The van der Waals surface area contributed by atoms with Crippen LogP contribution in [-0.2, 0) is 28.5 Å². The summed E-state index contributed by atoms with van der Waals surface area (Å²) in [4.78, 5) is 25.4. The van der Waals surface area contributed by atoms with E-state index in [0.29, 0.717) is 12.8 Å². The normalized spacial score (nSPS) is 20.3. The molecule has 1 fully saturated rings. The Hall–Kier alpha value is -1.82. The third kappa shape index (κ3) is 30.2. The summed E-state index contributed by atoms with van der Waals surface area (Å²) in [5, 5.41) is 40.1. The first-order chi connectivity index (χ1) is 28.3. The molecule has 6 atom stereocenters. The molecule has 0 radical (unpaired) electrons. The summed E-state index contributed by atoms with van der Waals surface area (Å²) in [6, 6.07) is 0. The van der Waals surface area contributed by atoms with Crippen LogP contribution in [0.15, 0.2) is 24.3 Å². The average Bonchev–Trinajstić information content (AvgIpc) is 3.22. The van der Waals surface area contributed by atoms with Crippen LogP contribution in [0.4, 0.5) is 0 Å². The van der Waals surface area contributed by atoms with Crippen LogP contribution in [-0.4, -0.2) is 89.0 Å². The molecule has 0 aliphatic carbocycles. The van der Waals surface area contributed by atoms with Crippen LogP contribution in [0.2, 0.25) is 0 Å². The Morgan fingerprint density at radius 3 is 1.41 bits per heavy atom. The predicted octanol–water partition coefficient (Wildman–Crippen LogP) is 10.5. The minimum absolute atomic E-state index is 0.222. The predicted molar refractivity (Wildman–Crippen MR) is 233 cm³/mol. The fourth-order valence-corrected chi connectivity index (χ4v) is 7.30. The zero-order valence-electron chi connectivity index (χ0n) is 37.1. The van der Waals surface area contributed by atoms with Crippen molar-refractivity contribution >= 4 is 11.9 Å². The molecule has 1 rings (SSSR count). The lowest BCUT2D eigenvalue weighted by atomic mass is 9.99. The maximum absolute atomic E-state index is 12.8. The van der Waals surface area contributed by atoms with E-state index in [9.17, 15) is 30.0 Å². The number of ether oxygens (including phenoxy) is 4. The number of esters is 2. The summed E-state index contributed by atoms with van der Waals surface area (Å²) in [5.74, 6) is -0.815. The molecule has 1 aliphatic heterocycles. The Bertz CT molecular complexity index is 1000. The van der Waals surface area contributed by atoms with Crippen molar-refractivity contribution in [1.29, 1.82) is 0 Å². The van der Waals surface area contributed by atoms with Gasteiger partial charge in [0.15, 0.2) is 12.4 Å². The Balaban J connectivity index is 2.30. The average molecular weight is 825 g/mol. The van der Waals surface area contributed by atoms with Gasteiger partial charge in [-0.1, -0.05) is 186 Å². The highest BCUT2D eigenvalue weighted by Crippen LogP contribution is 2.23. The topological polar surface area (TPSA) is 152 Å². The number of allylic oxidation sites excluding steroid dienone is 4. The van der Waals surface area contributed by atoms with Gasteiger partial charge < -0.3 is 39.4 Å². The molecular weight excluding hydrogens is 737 g/mol. The minimum Gasteiger partial charge on any atom is -0.462 e. The largest absolute Gasteiger partial charge is 0.462 e. The molecular formula is C48H88O10. The third-order valence-corrected chi connectivity index (χ3v) is 11.1. The molecule has 0 bridgehead atoms. The Kier molecular flexibility index (Phi) is 36.7. The van der Waals surface area contributed by atoms with Crippen LogP contribution in [0.5, 0.6) is 0 Å². The van der Waals surface area contributed by atoms with Gasteiger partial charge in [-0.2, -0.15) is 0 Å². The van der Waals surface area contributed by atoms with E-state index >= 15 is 0 Å². The Morgan fingerprint density at radius 1 is 0.534 bits per heavy atom. The number of hydrogen-bond donors (Lipinski definition) is 4. The van der Waals surface area contributed by atoms with Crippen molar-refractivity contribution in [3.63, 3.8) is 0 Å². The van der Waals surface area contributed by atoms with Crippen molar-refractivity contribution in [2.45, 2.75) is 250 Å². The summed E-state index contributed by atoms with van der Waals surface area (Å²) < 4.78 is 22.2. The summed E-state index contributed by atoms with van der Waals surface area (Å²) in [5.41, 5.74) is 0. The second-order valence-electron chi connectivity index (χ2n) is 16.6. The lowest BCUT2D eigenvalue weighted by molar-refractivity contribution is -0.305. The number of aliphatic hydroxyl groups is 4. The lowest BCUT2D eigenvalue weighted by Gasteiger charge is -2.39. The molecule has 1 aliphatic rings. The highest BCUT2D eigenvalue weighted by Gasteiger charge is 2.44. The molecule has 2 unspecified atom stereocenters. The first-order valence-corrected chi connectivity index (χ1v) is 23.9. The number of aliphatic hydroxyl groups excluding tert-OH is 4. The van der Waals surface area contributed by atoms with E-state index < -0.39 is 49.4 Å². The number of unbranched alkanes of at least 4 members (excludes halogenated alkanes) is 26. The lowest BCUT2D eigenvalue weighted by Crippen LogP contribution is -2.59. The summed E-state index contributed by atoms with van der Waals surface area (Å²) in [7, 11) is 0. The second kappa shape index (κ2) is 39.3. The van der Waals surface area contributed by atoms with E-state index in [-0.39, 0.29) is 32.0 Å². The molecule has 0 aromatic rings. The van der Waals surface area contributed by atoms with E-state index in [4.69, 9.17) is 18.9 Å². The zero-order chi connectivity index (χ0) is 42.3. The van der Waals surface area contributed by atoms with Gasteiger partial charge in [0.2, 0.25) is 0 Å². The third-order valence-electron chi connectivity index (χ3n) is 11.1. The van der Waals surface area contributed by atoms with Crippen molar-refractivity contribution in [2.24, 2.45) is 0 Å². The summed E-state index contributed by atoms with van der Waals surface area (Å²) >= 11 is 0. The zero-order valence-corrected chi connectivity index (χ0v) is 37.1. The molecule has 1 saturated heterocycles. The van der Waals surface area contributed by atoms with Gasteiger partial charge in [-0.05, 0) is 38.5 Å². The molecule has 4 N–H and O–H groups in total. The van der Waals surface area contributed by atoms with E-state index in [1.807, 2.05) is 0 Å². The van der Waals surface area contributed by atoms with Crippen LogP contribution < -0.4 is 0 Å². The Labute approximate surface area is 353 Å². The highest BCUT2D eigenvalue weighted by molar-refractivity contribution is 5.70. The van der Waals surface area contributed by atoms with Crippen LogP contribution >= 0.6 is 0 Å². The van der Waals surface area contributed by atoms with E-state index in [1.54, 1.807) is 0 Å². The van der Waals surface area contributed by atoms with Gasteiger partial charge in [0.1, 0.15) is 31.0 Å². The quantitative estimate of drug-likeness (QED) is 0.0267. The van der Waals surface area contributed by atoms with E-state index in [0.717, 1.165) is 57.8 Å². The van der Waals surface area contributed by atoms with Crippen molar-refractivity contribution in [1.82, 2.24) is 0 Å². The highest BCUT2D eigenvalue weighted by atomic mass is 16.7. The van der Waals surface area contributed by atoms with Gasteiger partial charge in [0.25, 0.3) is 0 Å². The molecule has 340 valence electrons. The molecule has 0 aromatic heterocycles. The maximum Gasteiger partial charge on any atom is 0.306 e. The second-order valence-corrected chi connectivity index (χ2v) is 16.6. The molecule has 1 heterocycles. The van der Waals surface area contributed by atoms with Crippen LogP contribution in [0.25, 0.3) is 0 Å². The van der Waals surface area contributed by atoms with E-state index in [2.05, 4.69) is 38.2 Å². The van der Waals surface area contributed by atoms with Crippen LogP contribution in [0.1, 0.15) is 213 Å². The first kappa shape index (κ1) is 54.2. The van der Waals surface area contributed by atoms with Crippen molar-refractivity contribution < 1.29 is 49.0 Å². The summed E-state index contributed by atoms with van der Waals surface area (Å²) in [6.45, 7) is 3.41. The SMILES string of the molecule is CCCCCC/C=C/C=C/CCCCCCCC(=O)OC[C@H](CO[C@@H]1O[C@H](CO)[C@H](O)C(O)C1O)OC(=O)CCCCCCCCCCCCCCCCCCCC. The standard InChI is InChI=1S/C48H88O10/c1-3-5-7-9-11-13-15-17-19-20-21-23-25-27-29-31-33-35-37-44(51)57-41(40-56-48-47(54)46(53)45(52)42(38-49)58-48)39-55-43(50)36-34-32-30-28-26-24-22-18-16-14-12-10-8-6-4-2/h14,16,18,22,41-42,45-49,52-54H,3-13,15,17,19-21,23-40H2,1-2H3/b16-14+,22-18+/t41-,42-,45+,46?,47?,48-/m1/s1. The molecule has 0 amide bonds.